The van der Waals surface area contributed by atoms with Crippen LogP contribution in [0.5, 0.6) is 0 Å². The fourth-order valence-corrected chi connectivity index (χ4v) is 4.10. The predicted molar refractivity (Wildman–Crippen MR) is 69.1 cm³/mol. The Morgan fingerprint density at radius 2 is 2.06 bits per heavy atom. The molecule has 2 saturated carbocycles. The Hall–Kier alpha value is -0.640. The Morgan fingerprint density at radius 3 is 2.56 bits per heavy atom. The van der Waals surface area contributed by atoms with E-state index in [1.165, 1.54) is 0 Å². The van der Waals surface area contributed by atoms with Crippen LogP contribution in [-0.4, -0.2) is 25.8 Å². The minimum Gasteiger partial charge on any atom is -0.312 e. The van der Waals surface area contributed by atoms with Crippen molar-refractivity contribution in [2.45, 2.75) is 55.7 Å². The summed E-state index contributed by atoms with van der Waals surface area (Å²) in [4.78, 5) is 0. The molecule has 0 aromatic rings. The molecule has 5 nitrogen and oxygen atoms in total. The number of sulfonamides is 1. The lowest BCUT2D eigenvalue weighted by molar-refractivity contribution is 0.273. The van der Waals surface area contributed by atoms with Gasteiger partial charge in [-0.1, -0.05) is 12.8 Å². The molecule has 102 valence electrons. The molecule has 0 amide bonds. The van der Waals surface area contributed by atoms with Gasteiger partial charge < -0.3 is 5.32 Å². The Bertz CT molecular complexity index is 437. The maximum Gasteiger partial charge on any atom is 0.216 e. The van der Waals surface area contributed by atoms with Crippen molar-refractivity contribution in [3.05, 3.63) is 0 Å². The number of rotatable bonds is 4. The van der Waals surface area contributed by atoms with E-state index in [1.54, 1.807) is 0 Å². The molecule has 0 heterocycles. The van der Waals surface area contributed by atoms with Gasteiger partial charge in [-0.05, 0) is 32.1 Å². The first kappa shape index (κ1) is 13.8. The Balaban J connectivity index is 1.89. The molecule has 2 aliphatic rings. The maximum atomic E-state index is 11.6. The molecule has 2 rings (SSSR count). The van der Waals surface area contributed by atoms with Crippen molar-refractivity contribution in [3.8, 4) is 6.07 Å². The Labute approximate surface area is 109 Å². The lowest BCUT2D eigenvalue weighted by Gasteiger charge is -2.41. The van der Waals surface area contributed by atoms with E-state index in [4.69, 9.17) is 10.4 Å². The fourth-order valence-electron chi connectivity index (χ4n) is 2.96. The standard InChI is InChI=1S/C12H21N3O2S/c13-8-10-3-1-4-11(7-10)15-9-12(5-2-6-12)18(14,16)17/h10-11,15H,1-7,9H2,(H2,14,16,17). The van der Waals surface area contributed by atoms with Gasteiger partial charge in [0.15, 0.2) is 0 Å². The quantitative estimate of drug-likeness (QED) is 0.793. The van der Waals surface area contributed by atoms with Gasteiger partial charge in [0.25, 0.3) is 0 Å². The van der Waals surface area contributed by atoms with Gasteiger partial charge in [-0.2, -0.15) is 5.26 Å². The number of nitrogens with zero attached hydrogens (tertiary/aromatic N) is 1. The van der Waals surface area contributed by atoms with Crippen molar-refractivity contribution >= 4 is 10.0 Å². The largest absolute Gasteiger partial charge is 0.312 e. The topological polar surface area (TPSA) is 96.0 Å². The van der Waals surface area contributed by atoms with Crippen molar-refractivity contribution < 1.29 is 8.42 Å². The van der Waals surface area contributed by atoms with E-state index in [-0.39, 0.29) is 12.0 Å². The van der Waals surface area contributed by atoms with Crippen molar-refractivity contribution in [2.75, 3.05) is 6.54 Å². The number of nitrogens with two attached hydrogens (primary N) is 1. The first-order valence-corrected chi connectivity index (χ1v) is 8.17. The van der Waals surface area contributed by atoms with E-state index < -0.39 is 14.8 Å². The van der Waals surface area contributed by atoms with Crippen LogP contribution in [0.1, 0.15) is 44.9 Å². The average molecular weight is 271 g/mol. The van der Waals surface area contributed by atoms with Crippen LogP contribution in [0, 0.1) is 17.2 Å². The molecular weight excluding hydrogens is 250 g/mol. The minimum absolute atomic E-state index is 0.114. The van der Waals surface area contributed by atoms with Crippen LogP contribution in [-0.2, 0) is 10.0 Å². The highest BCUT2D eigenvalue weighted by atomic mass is 32.2. The van der Waals surface area contributed by atoms with Gasteiger partial charge in [0.05, 0.1) is 10.8 Å². The first-order valence-electron chi connectivity index (χ1n) is 6.62. The van der Waals surface area contributed by atoms with Gasteiger partial charge >= 0.3 is 0 Å². The monoisotopic (exact) mass is 271 g/mol. The molecule has 0 aromatic heterocycles. The Morgan fingerprint density at radius 1 is 1.33 bits per heavy atom. The summed E-state index contributed by atoms with van der Waals surface area (Å²) in [6.07, 6.45) is 6.12. The van der Waals surface area contributed by atoms with Gasteiger partial charge in [-0.15, -0.1) is 0 Å². The summed E-state index contributed by atoms with van der Waals surface area (Å²) in [6, 6.07) is 2.57. The van der Waals surface area contributed by atoms with Gasteiger partial charge in [-0.3, -0.25) is 0 Å². The molecular formula is C12H21N3O2S. The van der Waals surface area contributed by atoms with Crippen LogP contribution >= 0.6 is 0 Å². The van der Waals surface area contributed by atoms with Gasteiger partial charge in [0.1, 0.15) is 0 Å². The number of primary sulfonamides is 1. The third kappa shape index (κ3) is 2.68. The van der Waals surface area contributed by atoms with Crippen molar-refractivity contribution in [1.29, 1.82) is 5.26 Å². The molecule has 0 radical (unpaired) electrons. The second kappa shape index (κ2) is 5.16. The van der Waals surface area contributed by atoms with Crippen LogP contribution in [0.25, 0.3) is 0 Å². The minimum atomic E-state index is -3.48. The Kier molecular flexibility index (Phi) is 3.95. The highest BCUT2D eigenvalue weighted by molar-refractivity contribution is 7.90. The summed E-state index contributed by atoms with van der Waals surface area (Å²) < 4.78 is 22.5. The van der Waals surface area contributed by atoms with Crippen LogP contribution < -0.4 is 10.5 Å². The van der Waals surface area contributed by atoms with Gasteiger partial charge in [0.2, 0.25) is 10.0 Å². The summed E-state index contributed by atoms with van der Waals surface area (Å²) in [5.41, 5.74) is 0. The molecule has 2 atom stereocenters. The van der Waals surface area contributed by atoms with Crippen molar-refractivity contribution in [3.63, 3.8) is 0 Å². The van der Waals surface area contributed by atoms with Crippen molar-refractivity contribution in [1.82, 2.24) is 5.32 Å². The van der Waals surface area contributed by atoms with Gasteiger partial charge in [-0.25, -0.2) is 13.6 Å². The number of nitriles is 1. The van der Waals surface area contributed by atoms with Gasteiger partial charge in [0, 0.05) is 18.5 Å². The smallest absolute Gasteiger partial charge is 0.216 e. The fraction of sp³-hybridized carbons (Fsp3) is 0.917. The number of hydrogen-bond acceptors (Lipinski definition) is 4. The molecule has 2 fully saturated rings. The zero-order chi connectivity index (χ0) is 13.2. The molecule has 0 aromatic carbocycles. The summed E-state index contributed by atoms with van der Waals surface area (Å²) in [5, 5.41) is 17.6. The van der Waals surface area contributed by atoms with Crippen molar-refractivity contribution in [2.24, 2.45) is 11.1 Å². The normalized spacial score (nSPS) is 31.3. The number of hydrogen-bond donors (Lipinski definition) is 2. The van der Waals surface area contributed by atoms with Crippen LogP contribution in [0.3, 0.4) is 0 Å². The molecule has 18 heavy (non-hydrogen) atoms. The molecule has 0 bridgehead atoms. The molecule has 0 spiro atoms. The summed E-state index contributed by atoms with van der Waals surface area (Å²) in [5.74, 6) is 0.114. The molecule has 6 heteroatoms. The maximum absolute atomic E-state index is 11.6. The molecule has 0 saturated heterocycles. The zero-order valence-corrected chi connectivity index (χ0v) is 11.4. The van der Waals surface area contributed by atoms with E-state index in [0.29, 0.717) is 19.4 Å². The molecule has 3 N–H and O–H groups in total. The predicted octanol–water partition coefficient (Wildman–Crippen LogP) is 0.870. The lowest BCUT2D eigenvalue weighted by atomic mass is 9.82. The molecule has 2 aliphatic carbocycles. The van der Waals surface area contributed by atoms with E-state index >= 15 is 0 Å². The van der Waals surface area contributed by atoms with E-state index in [0.717, 1.165) is 32.1 Å². The zero-order valence-electron chi connectivity index (χ0n) is 10.6. The molecule has 2 unspecified atom stereocenters. The highest BCUT2D eigenvalue weighted by Crippen LogP contribution is 2.37. The number of nitrogens with one attached hydrogen (secondary N) is 1. The second-order valence-corrected chi connectivity index (χ2v) is 7.61. The summed E-state index contributed by atoms with van der Waals surface area (Å²) in [6.45, 7) is 0.439. The summed E-state index contributed by atoms with van der Waals surface area (Å²) in [7, 11) is -3.48. The third-order valence-corrected chi connectivity index (χ3v) is 6.20. The van der Waals surface area contributed by atoms with E-state index in [1.807, 2.05) is 0 Å². The SMILES string of the molecule is N#CC1CCCC(NCC2(S(N)(=O)=O)CCC2)C1. The average Bonchev–Trinajstić information content (AvgIpc) is 2.26. The molecule has 0 aliphatic heterocycles. The lowest BCUT2D eigenvalue weighted by Crippen LogP contribution is -2.57. The second-order valence-electron chi connectivity index (χ2n) is 5.65. The third-order valence-electron chi connectivity index (χ3n) is 4.44. The van der Waals surface area contributed by atoms with Crippen LogP contribution in [0.4, 0.5) is 0 Å². The van der Waals surface area contributed by atoms with Crippen LogP contribution in [0.2, 0.25) is 0 Å². The first-order chi connectivity index (χ1) is 8.47. The van der Waals surface area contributed by atoms with E-state index in [9.17, 15) is 8.42 Å². The highest BCUT2D eigenvalue weighted by Gasteiger charge is 2.47. The van der Waals surface area contributed by atoms with Crippen LogP contribution in [0.15, 0.2) is 0 Å². The van der Waals surface area contributed by atoms with E-state index in [2.05, 4.69) is 11.4 Å². The summed E-state index contributed by atoms with van der Waals surface area (Å²) >= 11 is 0.